The quantitative estimate of drug-likeness (QED) is 0.564. The normalized spacial score (nSPS) is 24.6. The Bertz CT molecular complexity index is 706. The van der Waals surface area contributed by atoms with Gasteiger partial charge in [-0.25, -0.2) is 0 Å². The van der Waals surface area contributed by atoms with Crippen molar-refractivity contribution < 1.29 is 4.43 Å². The lowest BCUT2D eigenvalue weighted by atomic mass is 9.87. The molecular formula is C23H26OSi. The molecule has 25 heavy (non-hydrogen) atoms. The molecule has 0 saturated heterocycles. The molecule has 0 N–H and O–H groups in total. The monoisotopic (exact) mass is 346 g/mol. The van der Waals surface area contributed by atoms with Gasteiger partial charge in [-0.1, -0.05) is 67.6 Å². The summed E-state index contributed by atoms with van der Waals surface area (Å²) in [5, 5.41) is 2.77. The Kier molecular flexibility index (Phi) is 4.76. The average Bonchev–Trinajstić information content (AvgIpc) is 2.90. The number of rotatable bonds is 6. The number of hydrogen-bond donors (Lipinski definition) is 0. The minimum absolute atomic E-state index is 0.632. The summed E-state index contributed by atoms with van der Waals surface area (Å²) in [5.74, 6) is 1.95. The predicted octanol–water partition coefficient (Wildman–Crippen LogP) is 4.15. The minimum Gasteiger partial charge on any atom is -0.408 e. The molecule has 128 valence electrons. The summed E-state index contributed by atoms with van der Waals surface area (Å²) in [4.78, 5) is 0. The average molecular weight is 347 g/mol. The van der Waals surface area contributed by atoms with Crippen LogP contribution in [0.25, 0.3) is 0 Å². The van der Waals surface area contributed by atoms with E-state index < -0.39 is 8.32 Å². The van der Waals surface area contributed by atoms with Crippen molar-refractivity contribution in [1.82, 2.24) is 0 Å². The predicted molar refractivity (Wildman–Crippen MR) is 107 cm³/mol. The number of hydrogen-bond acceptors (Lipinski definition) is 1. The first kappa shape index (κ1) is 16.6. The highest BCUT2D eigenvalue weighted by atomic mass is 28.4. The molecule has 0 aliphatic heterocycles. The Morgan fingerprint density at radius 1 is 0.880 bits per heavy atom. The van der Waals surface area contributed by atoms with Crippen molar-refractivity contribution in [3.63, 3.8) is 0 Å². The number of fused-ring (bicyclic) bond motifs is 2. The van der Waals surface area contributed by atoms with Crippen LogP contribution in [0.4, 0.5) is 0 Å². The van der Waals surface area contributed by atoms with Crippen molar-refractivity contribution in [3.8, 4) is 0 Å². The maximum absolute atomic E-state index is 6.94. The van der Waals surface area contributed by atoms with Crippen molar-refractivity contribution in [3.05, 3.63) is 78.5 Å². The first-order valence-electron chi connectivity index (χ1n) is 9.51. The first-order chi connectivity index (χ1) is 12.3. The van der Waals surface area contributed by atoms with Crippen LogP contribution < -0.4 is 10.4 Å². The number of benzene rings is 2. The number of allylic oxidation sites excluding steroid dienone is 1. The van der Waals surface area contributed by atoms with Gasteiger partial charge in [0, 0.05) is 6.61 Å². The molecular weight excluding hydrogens is 320 g/mol. The van der Waals surface area contributed by atoms with E-state index in [0.717, 1.165) is 12.7 Å². The fourth-order valence-electron chi connectivity index (χ4n) is 4.59. The fraction of sp³-hybridized carbons (Fsp3) is 0.348. The van der Waals surface area contributed by atoms with E-state index in [1.54, 1.807) is 0 Å². The molecule has 2 heteroatoms. The second-order valence-electron chi connectivity index (χ2n) is 7.29. The van der Waals surface area contributed by atoms with Gasteiger partial charge < -0.3 is 4.43 Å². The van der Waals surface area contributed by atoms with Crippen LogP contribution in [0.3, 0.4) is 0 Å². The summed E-state index contributed by atoms with van der Waals surface area (Å²) in [6.07, 6.45) is 7.13. The van der Waals surface area contributed by atoms with E-state index in [2.05, 4.69) is 85.5 Å². The van der Waals surface area contributed by atoms with Crippen LogP contribution in [-0.2, 0) is 4.43 Å². The molecule has 2 aliphatic carbocycles. The van der Waals surface area contributed by atoms with Gasteiger partial charge in [0.2, 0.25) is 0 Å². The van der Waals surface area contributed by atoms with E-state index in [1.165, 1.54) is 23.2 Å². The standard InChI is InChI=1S/C23H26OSi/c1-2-25(21-12-5-3-6-13-21,22-14-7-4-8-15-22)24-18-23-19-10-9-11-20(23)17-16-19/h3-8,10-15,19-20,23H,2,16-18H2,1H3. The van der Waals surface area contributed by atoms with Crippen molar-refractivity contribution in [2.75, 3.05) is 6.61 Å². The van der Waals surface area contributed by atoms with Gasteiger partial charge in [-0.3, -0.25) is 0 Å². The van der Waals surface area contributed by atoms with Gasteiger partial charge in [0.25, 0.3) is 8.32 Å². The van der Waals surface area contributed by atoms with E-state index in [0.29, 0.717) is 17.8 Å². The highest BCUT2D eigenvalue weighted by Gasteiger charge is 2.41. The zero-order chi connectivity index (χ0) is 17.1. The molecule has 0 heterocycles. The molecule has 1 fully saturated rings. The molecule has 0 spiro atoms. The van der Waals surface area contributed by atoms with E-state index in [9.17, 15) is 0 Å². The SMILES string of the molecule is CC[Si](OCC1C2C=C=CC1CC2)(c1ccccc1)c1ccccc1. The lowest BCUT2D eigenvalue weighted by Gasteiger charge is -2.34. The highest BCUT2D eigenvalue weighted by Crippen LogP contribution is 2.41. The molecule has 2 atom stereocenters. The fourth-order valence-corrected chi connectivity index (χ4v) is 8.22. The summed E-state index contributed by atoms with van der Waals surface area (Å²) in [6, 6.07) is 22.9. The zero-order valence-corrected chi connectivity index (χ0v) is 15.9. The lowest BCUT2D eigenvalue weighted by molar-refractivity contribution is 0.205. The van der Waals surface area contributed by atoms with Crippen LogP contribution in [-0.4, -0.2) is 14.9 Å². The smallest absolute Gasteiger partial charge is 0.255 e. The molecule has 2 unspecified atom stereocenters. The van der Waals surface area contributed by atoms with Crippen LogP contribution in [0, 0.1) is 17.8 Å². The van der Waals surface area contributed by atoms with Crippen molar-refractivity contribution >= 4 is 18.7 Å². The van der Waals surface area contributed by atoms with E-state index in [4.69, 9.17) is 4.43 Å². The Morgan fingerprint density at radius 3 is 1.88 bits per heavy atom. The maximum Gasteiger partial charge on any atom is 0.255 e. The van der Waals surface area contributed by atoms with Gasteiger partial charge in [-0.15, -0.1) is 5.73 Å². The zero-order valence-electron chi connectivity index (χ0n) is 14.9. The van der Waals surface area contributed by atoms with E-state index >= 15 is 0 Å². The van der Waals surface area contributed by atoms with E-state index in [-0.39, 0.29) is 0 Å². The van der Waals surface area contributed by atoms with Gasteiger partial charge in [0.1, 0.15) is 0 Å². The van der Waals surface area contributed by atoms with Crippen molar-refractivity contribution in [2.45, 2.75) is 25.8 Å². The molecule has 2 aromatic rings. The summed E-state index contributed by atoms with van der Waals surface area (Å²) >= 11 is 0. The first-order valence-corrected chi connectivity index (χ1v) is 11.6. The van der Waals surface area contributed by atoms with Crippen LogP contribution >= 0.6 is 0 Å². The molecule has 0 aromatic heterocycles. The summed E-state index contributed by atoms with van der Waals surface area (Å²) < 4.78 is 6.94. The Labute approximate surface area is 152 Å². The van der Waals surface area contributed by atoms with Crippen LogP contribution in [0.1, 0.15) is 19.8 Å². The molecule has 2 aliphatic rings. The van der Waals surface area contributed by atoms with Gasteiger partial charge in [0.15, 0.2) is 0 Å². The second-order valence-corrected chi connectivity index (χ2v) is 11.1. The maximum atomic E-state index is 6.94. The van der Waals surface area contributed by atoms with Gasteiger partial charge in [-0.05, 0) is 59.2 Å². The molecule has 0 radical (unpaired) electrons. The highest BCUT2D eigenvalue weighted by molar-refractivity contribution is 6.97. The van der Waals surface area contributed by atoms with Crippen molar-refractivity contribution in [2.24, 2.45) is 17.8 Å². The topological polar surface area (TPSA) is 9.23 Å². The molecule has 0 amide bonds. The summed E-state index contributed by atoms with van der Waals surface area (Å²) in [5.41, 5.74) is 3.36. The van der Waals surface area contributed by atoms with Crippen LogP contribution in [0.5, 0.6) is 0 Å². The molecule has 1 nitrogen and oxygen atoms in total. The summed E-state index contributed by atoms with van der Waals surface area (Å²) in [6.45, 7) is 3.16. The van der Waals surface area contributed by atoms with Gasteiger partial charge >= 0.3 is 0 Å². The van der Waals surface area contributed by atoms with Crippen LogP contribution in [0.15, 0.2) is 78.5 Å². The Morgan fingerprint density at radius 2 is 1.40 bits per heavy atom. The third-order valence-electron chi connectivity index (χ3n) is 6.05. The lowest BCUT2D eigenvalue weighted by Crippen LogP contribution is -2.61. The van der Waals surface area contributed by atoms with Gasteiger partial charge in [-0.2, -0.15) is 0 Å². The molecule has 4 rings (SSSR count). The molecule has 2 bridgehead atoms. The Hall–Kier alpha value is -1.86. The second kappa shape index (κ2) is 7.17. The third-order valence-corrected chi connectivity index (χ3v) is 10.2. The van der Waals surface area contributed by atoms with E-state index in [1.807, 2.05) is 0 Å². The van der Waals surface area contributed by atoms with Gasteiger partial charge in [0.05, 0.1) is 0 Å². The van der Waals surface area contributed by atoms with Crippen LogP contribution in [0.2, 0.25) is 6.04 Å². The van der Waals surface area contributed by atoms with Crippen molar-refractivity contribution in [1.29, 1.82) is 0 Å². The minimum atomic E-state index is -2.19. The third kappa shape index (κ3) is 3.06. The molecule has 1 saturated carbocycles. The summed E-state index contributed by atoms with van der Waals surface area (Å²) in [7, 11) is -2.19. The molecule has 2 aromatic carbocycles. The Balaban J connectivity index is 1.65. The largest absolute Gasteiger partial charge is 0.408 e.